The van der Waals surface area contributed by atoms with Crippen LogP contribution in [0.5, 0.6) is 0 Å². The molecule has 9 heteroatoms. The standard InChI is InChI=1S/C23H23F3N4O2/c1-17(3-2-4-18-5-7-19(8-6-18)12-29-32-14-24)23(31,13-30-16-27-15-28-30)21-10-9-20(25)11-22(21)26/h2,4-12,15-17,31H,3,13-14H2,1H3/b4-2+,29-12?/t17-,23+/m0/s1. The molecule has 1 aromatic heterocycles. The van der Waals surface area contributed by atoms with Crippen molar-refractivity contribution in [1.29, 1.82) is 0 Å². The van der Waals surface area contributed by atoms with Crippen LogP contribution in [-0.4, -0.2) is 32.9 Å². The van der Waals surface area contributed by atoms with Gasteiger partial charge in [0.15, 0.2) is 0 Å². The predicted octanol–water partition coefficient (Wildman–Crippen LogP) is 4.46. The molecule has 0 saturated heterocycles. The van der Waals surface area contributed by atoms with E-state index in [4.69, 9.17) is 0 Å². The minimum Gasteiger partial charge on any atom is -0.383 e. The van der Waals surface area contributed by atoms with E-state index in [-0.39, 0.29) is 12.1 Å². The zero-order valence-corrected chi connectivity index (χ0v) is 17.4. The summed E-state index contributed by atoms with van der Waals surface area (Å²) in [6, 6.07) is 10.4. The summed E-state index contributed by atoms with van der Waals surface area (Å²) in [5, 5.41) is 19.0. The summed E-state index contributed by atoms with van der Waals surface area (Å²) in [5.41, 5.74) is -0.00651. The van der Waals surface area contributed by atoms with Crippen LogP contribution in [-0.2, 0) is 17.0 Å². The topological polar surface area (TPSA) is 72.5 Å². The van der Waals surface area contributed by atoms with Crippen molar-refractivity contribution in [3.05, 3.63) is 89.5 Å². The fourth-order valence-corrected chi connectivity index (χ4v) is 3.33. The van der Waals surface area contributed by atoms with Gasteiger partial charge in [0.05, 0.1) is 12.8 Å². The molecule has 3 aromatic rings. The van der Waals surface area contributed by atoms with E-state index in [2.05, 4.69) is 20.1 Å². The Morgan fingerprint density at radius 2 is 1.94 bits per heavy atom. The first kappa shape index (κ1) is 23.2. The Morgan fingerprint density at radius 3 is 2.59 bits per heavy atom. The van der Waals surface area contributed by atoms with Crippen LogP contribution in [0, 0.1) is 17.6 Å². The predicted molar refractivity (Wildman–Crippen MR) is 114 cm³/mol. The molecule has 0 amide bonds. The monoisotopic (exact) mass is 444 g/mol. The zero-order valence-electron chi connectivity index (χ0n) is 17.4. The first-order valence-electron chi connectivity index (χ1n) is 9.90. The van der Waals surface area contributed by atoms with Gasteiger partial charge in [-0.15, -0.1) is 0 Å². The molecule has 6 nitrogen and oxygen atoms in total. The van der Waals surface area contributed by atoms with Gasteiger partial charge in [0.25, 0.3) is 6.86 Å². The van der Waals surface area contributed by atoms with Crippen LogP contribution >= 0.6 is 0 Å². The molecule has 0 spiro atoms. The number of hydrogen-bond donors (Lipinski definition) is 1. The molecule has 32 heavy (non-hydrogen) atoms. The Labute approximate surface area is 183 Å². The van der Waals surface area contributed by atoms with E-state index in [1.165, 1.54) is 29.6 Å². The molecule has 1 N–H and O–H groups in total. The average molecular weight is 444 g/mol. The van der Waals surface area contributed by atoms with Crippen LogP contribution in [0.3, 0.4) is 0 Å². The Kier molecular flexibility index (Phi) is 7.77. The third-order valence-corrected chi connectivity index (χ3v) is 5.14. The molecule has 168 valence electrons. The van der Waals surface area contributed by atoms with Gasteiger partial charge in [0.2, 0.25) is 0 Å². The van der Waals surface area contributed by atoms with Crippen molar-refractivity contribution in [2.45, 2.75) is 25.5 Å². The third-order valence-electron chi connectivity index (χ3n) is 5.14. The van der Waals surface area contributed by atoms with Crippen molar-refractivity contribution >= 4 is 12.3 Å². The average Bonchev–Trinajstić information content (AvgIpc) is 3.27. The van der Waals surface area contributed by atoms with Crippen molar-refractivity contribution in [3.8, 4) is 0 Å². The van der Waals surface area contributed by atoms with E-state index >= 15 is 0 Å². The van der Waals surface area contributed by atoms with Gasteiger partial charge in [0, 0.05) is 11.6 Å². The van der Waals surface area contributed by atoms with Gasteiger partial charge < -0.3 is 9.94 Å². The molecule has 0 bridgehead atoms. The van der Waals surface area contributed by atoms with Gasteiger partial charge in [0.1, 0.15) is 29.9 Å². The third kappa shape index (κ3) is 5.82. The molecular formula is C23H23F3N4O2. The van der Waals surface area contributed by atoms with Crippen LogP contribution in [0.2, 0.25) is 0 Å². The lowest BCUT2D eigenvalue weighted by Gasteiger charge is -2.34. The quantitative estimate of drug-likeness (QED) is 0.370. The van der Waals surface area contributed by atoms with Crippen molar-refractivity contribution in [3.63, 3.8) is 0 Å². The molecule has 3 rings (SSSR count). The van der Waals surface area contributed by atoms with Gasteiger partial charge in [-0.3, -0.25) is 0 Å². The number of aromatic nitrogens is 3. The van der Waals surface area contributed by atoms with Gasteiger partial charge in [-0.05, 0) is 29.5 Å². The Hall–Kier alpha value is -3.46. The number of aliphatic hydroxyl groups is 1. The van der Waals surface area contributed by atoms with Gasteiger partial charge in [-0.25, -0.2) is 22.8 Å². The second-order valence-corrected chi connectivity index (χ2v) is 7.32. The summed E-state index contributed by atoms with van der Waals surface area (Å²) < 4.78 is 41.3. The second-order valence-electron chi connectivity index (χ2n) is 7.32. The highest BCUT2D eigenvalue weighted by Gasteiger charge is 2.38. The Bertz CT molecular complexity index is 1060. The number of nitrogens with zero attached hydrogens (tertiary/aromatic N) is 4. The number of alkyl halides is 1. The zero-order chi connectivity index (χ0) is 23.0. The highest BCUT2D eigenvalue weighted by molar-refractivity contribution is 5.79. The number of halogens is 3. The molecule has 0 unspecified atom stereocenters. The maximum atomic E-state index is 14.6. The van der Waals surface area contributed by atoms with Gasteiger partial charge >= 0.3 is 0 Å². The Balaban J connectivity index is 1.75. The lowest BCUT2D eigenvalue weighted by Crippen LogP contribution is -2.39. The molecule has 0 aliphatic carbocycles. The molecule has 0 radical (unpaired) electrons. The number of benzene rings is 2. The molecule has 0 saturated carbocycles. The lowest BCUT2D eigenvalue weighted by atomic mass is 9.80. The smallest absolute Gasteiger partial charge is 0.255 e. The highest BCUT2D eigenvalue weighted by Crippen LogP contribution is 2.35. The number of allylic oxidation sites excluding steroid dienone is 1. The van der Waals surface area contributed by atoms with E-state index < -0.39 is 30.0 Å². The van der Waals surface area contributed by atoms with Crippen molar-refractivity contribution in [1.82, 2.24) is 14.8 Å². The molecule has 0 fully saturated rings. The molecule has 2 atom stereocenters. The maximum absolute atomic E-state index is 14.6. The van der Waals surface area contributed by atoms with E-state index in [9.17, 15) is 18.3 Å². The first-order chi connectivity index (χ1) is 15.4. The number of oxime groups is 1. The van der Waals surface area contributed by atoms with E-state index in [0.717, 1.165) is 23.3 Å². The molecule has 0 aliphatic heterocycles. The first-order valence-corrected chi connectivity index (χ1v) is 9.90. The van der Waals surface area contributed by atoms with Crippen molar-refractivity contribution < 1.29 is 23.1 Å². The number of hydrogen-bond acceptors (Lipinski definition) is 5. The summed E-state index contributed by atoms with van der Waals surface area (Å²) in [5.74, 6) is -1.98. The fraction of sp³-hybridized carbons (Fsp3) is 0.261. The van der Waals surface area contributed by atoms with E-state index in [1.54, 1.807) is 19.1 Å². The van der Waals surface area contributed by atoms with Crippen LogP contribution in [0.4, 0.5) is 13.2 Å². The summed E-state index contributed by atoms with van der Waals surface area (Å²) in [6.45, 7) is 0.759. The lowest BCUT2D eigenvalue weighted by molar-refractivity contribution is -0.0379. The van der Waals surface area contributed by atoms with Crippen LogP contribution in [0.1, 0.15) is 30.0 Å². The molecular weight excluding hydrogens is 421 g/mol. The van der Waals surface area contributed by atoms with Gasteiger partial charge in [-0.2, -0.15) is 5.10 Å². The van der Waals surface area contributed by atoms with E-state index in [0.29, 0.717) is 6.42 Å². The van der Waals surface area contributed by atoms with Crippen LogP contribution in [0.15, 0.2) is 66.4 Å². The largest absolute Gasteiger partial charge is 0.383 e. The normalized spacial score (nSPS) is 14.7. The number of rotatable bonds is 10. The van der Waals surface area contributed by atoms with Gasteiger partial charge in [-0.1, -0.05) is 54.6 Å². The van der Waals surface area contributed by atoms with Crippen molar-refractivity contribution in [2.24, 2.45) is 11.1 Å². The summed E-state index contributed by atoms with van der Waals surface area (Å²) >= 11 is 0. The fourth-order valence-electron chi connectivity index (χ4n) is 3.33. The van der Waals surface area contributed by atoms with Crippen LogP contribution < -0.4 is 0 Å². The molecule has 0 aliphatic rings. The summed E-state index contributed by atoms with van der Waals surface area (Å²) in [6.07, 6.45) is 8.30. The molecule has 1 heterocycles. The maximum Gasteiger partial charge on any atom is 0.255 e. The van der Waals surface area contributed by atoms with Crippen molar-refractivity contribution in [2.75, 3.05) is 6.86 Å². The second kappa shape index (κ2) is 10.7. The Morgan fingerprint density at radius 1 is 1.19 bits per heavy atom. The summed E-state index contributed by atoms with van der Waals surface area (Å²) in [7, 11) is 0. The highest BCUT2D eigenvalue weighted by atomic mass is 19.1. The summed E-state index contributed by atoms with van der Waals surface area (Å²) in [4.78, 5) is 8.15. The van der Waals surface area contributed by atoms with E-state index in [1.807, 2.05) is 24.3 Å². The SMILES string of the molecule is C[C@@H](C/C=C/c1ccc(C=NOCF)cc1)[C@](O)(Cn1cncn1)c1ccc(F)cc1F. The van der Waals surface area contributed by atoms with Crippen LogP contribution in [0.25, 0.3) is 6.08 Å². The molecule has 2 aromatic carbocycles. The minimum atomic E-state index is -1.65. The minimum absolute atomic E-state index is 0.00515.